The number of alkyl halides is 4. The summed E-state index contributed by atoms with van der Waals surface area (Å²) in [4.78, 5) is 3.55. The van der Waals surface area contributed by atoms with Crippen molar-refractivity contribution in [1.29, 1.82) is 10.5 Å². The van der Waals surface area contributed by atoms with Crippen LogP contribution in [0.3, 0.4) is 0 Å². The molecule has 2 aliphatic carbocycles. The molecule has 2 aliphatic rings. The van der Waals surface area contributed by atoms with Crippen LogP contribution in [0.15, 0.2) is 60.7 Å². The Balaban J connectivity index is 1.20. The molecule has 0 atom stereocenters. The summed E-state index contributed by atoms with van der Waals surface area (Å²) in [7, 11) is 0. The number of benzene rings is 3. The number of halogens is 4. The number of rotatable bonds is 2. The monoisotopic (exact) mass is 680 g/mol. The summed E-state index contributed by atoms with van der Waals surface area (Å²) in [5.41, 5.74) is 1.19. The van der Waals surface area contributed by atoms with Crippen LogP contribution in [0.4, 0.5) is 17.6 Å². The molecule has 0 unspecified atom stereocenters. The second kappa shape index (κ2) is 9.15. The molecule has 0 spiro atoms. The van der Waals surface area contributed by atoms with Crippen molar-refractivity contribution in [2.24, 2.45) is 0 Å². The van der Waals surface area contributed by atoms with Crippen molar-refractivity contribution in [3.8, 4) is 52.5 Å². The van der Waals surface area contributed by atoms with Crippen LogP contribution in [-0.4, -0.2) is 0 Å². The van der Waals surface area contributed by atoms with Crippen LogP contribution in [0, 0.1) is 36.5 Å². The summed E-state index contributed by atoms with van der Waals surface area (Å²) in [6.45, 7) is 3.10. The molecule has 0 saturated carbocycles. The summed E-state index contributed by atoms with van der Waals surface area (Å²) in [6, 6.07) is 21.7. The molecule has 7 aromatic rings. The van der Waals surface area contributed by atoms with Gasteiger partial charge in [0, 0.05) is 72.0 Å². The lowest BCUT2D eigenvalue weighted by Gasteiger charge is -2.22. The highest BCUT2D eigenvalue weighted by molar-refractivity contribution is 7.28. The third-order valence-electron chi connectivity index (χ3n) is 9.00. The van der Waals surface area contributed by atoms with E-state index in [1.165, 1.54) is 57.5 Å². The topological polar surface area (TPSA) is 47.6 Å². The van der Waals surface area contributed by atoms with Crippen LogP contribution in [0.25, 0.3) is 60.6 Å². The van der Waals surface area contributed by atoms with Gasteiger partial charge in [0.15, 0.2) is 0 Å². The molecule has 46 heavy (non-hydrogen) atoms. The number of hydrogen-bond acceptors (Lipinski definition) is 6. The van der Waals surface area contributed by atoms with Gasteiger partial charge in [0.25, 0.3) is 0 Å². The predicted octanol–water partition coefficient (Wildman–Crippen LogP) is 12.2. The van der Waals surface area contributed by atoms with Gasteiger partial charge >= 0.3 is 11.8 Å². The van der Waals surface area contributed by atoms with Crippen molar-refractivity contribution in [3.63, 3.8) is 0 Å². The molecule has 3 aromatic carbocycles. The Hall–Kier alpha value is -4.32. The smallest absolute Gasteiger partial charge is 0.196 e. The SMILES string of the molecule is Cc1c2c(c(C)c3c1C(F)(F)c1cc(-c4cc5cc(C#N)ccc5s4)sc1-3)C(F)(F)c1cc(-c3cc4cc(C#N)ccc4s3)sc1-2. The van der Waals surface area contributed by atoms with Gasteiger partial charge < -0.3 is 0 Å². The minimum atomic E-state index is -3.35. The molecule has 0 fully saturated rings. The summed E-state index contributed by atoms with van der Waals surface area (Å²) in [5.74, 6) is -6.70. The fourth-order valence-corrected chi connectivity index (χ4v) is 11.8. The van der Waals surface area contributed by atoms with E-state index in [1.54, 1.807) is 38.1 Å². The van der Waals surface area contributed by atoms with Gasteiger partial charge in [0.2, 0.25) is 0 Å². The van der Waals surface area contributed by atoms with Crippen LogP contribution < -0.4 is 0 Å². The number of thiophene rings is 4. The zero-order valence-electron chi connectivity index (χ0n) is 23.8. The van der Waals surface area contributed by atoms with E-state index in [4.69, 9.17) is 0 Å². The third-order valence-corrected chi connectivity index (χ3v) is 13.9. The lowest BCUT2D eigenvalue weighted by Crippen LogP contribution is -2.16. The molecule has 0 amide bonds. The van der Waals surface area contributed by atoms with Crippen molar-refractivity contribution in [3.05, 3.63) is 105 Å². The van der Waals surface area contributed by atoms with Crippen molar-refractivity contribution in [2.75, 3.05) is 0 Å². The predicted molar refractivity (Wildman–Crippen MR) is 180 cm³/mol. The highest BCUT2D eigenvalue weighted by Gasteiger charge is 2.55. The largest absolute Gasteiger partial charge is 0.300 e. The Morgan fingerprint density at radius 1 is 0.543 bits per heavy atom. The maximum Gasteiger partial charge on any atom is 0.300 e. The van der Waals surface area contributed by atoms with Gasteiger partial charge in [-0.05, 0) is 96.4 Å². The van der Waals surface area contributed by atoms with Crippen LogP contribution in [-0.2, 0) is 11.8 Å². The summed E-state index contributed by atoms with van der Waals surface area (Å²) >= 11 is 5.32. The number of hydrogen-bond donors (Lipinski definition) is 0. The minimum Gasteiger partial charge on any atom is -0.196 e. The molecular formula is C36H16F4N2S4. The van der Waals surface area contributed by atoms with Gasteiger partial charge in [-0.2, -0.15) is 28.1 Å². The Labute approximate surface area is 275 Å². The number of fused-ring (bicyclic) bond motifs is 8. The summed E-state index contributed by atoms with van der Waals surface area (Å²) in [6.07, 6.45) is 0. The van der Waals surface area contributed by atoms with E-state index in [1.807, 2.05) is 24.3 Å². The third kappa shape index (κ3) is 3.53. The van der Waals surface area contributed by atoms with Gasteiger partial charge in [-0.15, -0.1) is 45.3 Å². The van der Waals surface area contributed by atoms with E-state index >= 15 is 17.6 Å². The Morgan fingerprint density at radius 3 is 1.33 bits per heavy atom. The van der Waals surface area contributed by atoms with Crippen LogP contribution in [0.1, 0.15) is 44.5 Å². The number of nitriles is 2. The van der Waals surface area contributed by atoms with Crippen molar-refractivity contribution < 1.29 is 17.6 Å². The first-order valence-corrected chi connectivity index (χ1v) is 17.4. The lowest BCUT2D eigenvalue weighted by molar-refractivity contribution is 0.0444. The normalized spacial score (nSPS) is 15.0. The first-order valence-electron chi connectivity index (χ1n) is 14.1. The molecule has 0 N–H and O–H groups in total. The standard InChI is InChI=1S/C36H16F4N2S4/c1-15-29-32(36(39,40)21-11-27(45-33(21)29)25-9-19-7-17(13-41)3-5-23(19)43-25)16(2)30-31(15)35(37,38)22-12-28(46-34(22)30)26-10-20-8-18(14-42)4-6-24(20)44-26/h3-12H,1-2H3. The molecule has 2 nitrogen and oxygen atoms in total. The van der Waals surface area contributed by atoms with E-state index in [0.717, 1.165) is 29.9 Å². The van der Waals surface area contributed by atoms with Crippen LogP contribution in [0.5, 0.6) is 0 Å². The zero-order valence-corrected chi connectivity index (χ0v) is 27.1. The van der Waals surface area contributed by atoms with Crippen LogP contribution >= 0.6 is 45.3 Å². The average Bonchev–Trinajstić information content (AvgIpc) is 3.86. The summed E-state index contributed by atoms with van der Waals surface area (Å²) in [5, 5.41) is 20.3. The molecule has 222 valence electrons. The highest BCUT2D eigenvalue weighted by Crippen LogP contribution is 2.65. The molecular weight excluding hydrogens is 665 g/mol. The molecule has 4 aromatic heterocycles. The maximum absolute atomic E-state index is 16.5. The zero-order chi connectivity index (χ0) is 31.9. The summed E-state index contributed by atoms with van der Waals surface area (Å²) < 4.78 is 67.7. The second-order valence-electron chi connectivity index (χ2n) is 11.6. The molecule has 4 heterocycles. The van der Waals surface area contributed by atoms with E-state index in [9.17, 15) is 10.5 Å². The van der Waals surface area contributed by atoms with E-state index in [0.29, 0.717) is 30.6 Å². The van der Waals surface area contributed by atoms with Gasteiger partial charge in [-0.25, -0.2) is 0 Å². The quantitative estimate of drug-likeness (QED) is 0.171. The van der Waals surface area contributed by atoms with Gasteiger partial charge in [0.05, 0.1) is 23.3 Å². The fourth-order valence-electron chi connectivity index (χ4n) is 6.95. The molecule has 0 saturated heterocycles. The first-order chi connectivity index (χ1) is 22.0. The highest BCUT2D eigenvalue weighted by atomic mass is 32.1. The lowest BCUT2D eigenvalue weighted by atomic mass is 9.88. The van der Waals surface area contributed by atoms with Crippen LogP contribution in [0.2, 0.25) is 0 Å². The van der Waals surface area contributed by atoms with E-state index in [-0.39, 0.29) is 44.5 Å². The molecule has 0 bridgehead atoms. The van der Waals surface area contributed by atoms with E-state index < -0.39 is 11.8 Å². The molecule has 0 radical (unpaired) electrons. The first kappa shape index (κ1) is 27.9. The Morgan fingerprint density at radius 2 is 0.935 bits per heavy atom. The maximum atomic E-state index is 16.5. The number of nitrogens with zero attached hydrogens (tertiary/aromatic N) is 2. The Bertz CT molecular complexity index is 2420. The molecule has 0 aliphatic heterocycles. The molecule has 10 heteroatoms. The van der Waals surface area contributed by atoms with Crippen molar-refractivity contribution >= 4 is 65.5 Å². The van der Waals surface area contributed by atoms with E-state index in [2.05, 4.69) is 12.1 Å². The van der Waals surface area contributed by atoms with Crippen molar-refractivity contribution in [2.45, 2.75) is 25.7 Å². The van der Waals surface area contributed by atoms with Gasteiger partial charge in [-0.3, -0.25) is 0 Å². The minimum absolute atomic E-state index is 0.148. The average molecular weight is 681 g/mol. The second-order valence-corrected chi connectivity index (χ2v) is 15.8. The van der Waals surface area contributed by atoms with Gasteiger partial charge in [-0.1, -0.05) is 0 Å². The van der Waals surface area contributed by atoms with Gasteiger partial charge in [0.1, 0.15) is 0 Å². The Kier molecular flexibility index (Phi) is 5.56. The van der Waals surface area contributed by atoms with Crippen molar-refractivity contribution in [1.82, 2.24) is 0 Å². The molecule has 9 rings (SSSR count). The fraction of sp³-hybridized carbons (Fsp3) is 0.111.